The maximum atomic E-state index is 12.3. The van der Waals surface area contributed by atoms with Gasteiger partial charge in [-0.15, -0.1) is 0 Å². The van der Waals surface area contributed by atoms with Crippen molar-refractivity contribution in [1.29, 1.82) is 0 Å². The van der Waals surface area contributed by atoms with E-state index in [9.17, 15) is 4.79 Å². The second kappa shape index (κ2) is 13.2. The zero-order valence-corrected chi connectivity index (χ0v) is 21.1. The van der Waals surface area contributed by atoms with E-state index in [0.29, 0.717) is 17.9 Å². The number of esters is 1. The van der Waals surface area contributed by atoms with Crippen LogP contribution in [0.25, 0.3) is 11.1 Å². The first-order valence-corrected chi connectivity index (χ1v) is 12.9. The standard InChI is InChI=1S/C31H36O5/c1-2-31(23-34-24-31)22-33-20-8-3-4-9-21-35-28-18-16-26(17-19-28)25-12-14-27(15-13-25)30(32)36-29-10-6-5-7-11-29/h5-7,10-19H,2-4,8-9,20-24H2,1H3. The molecule has 36 heavy (non-hydrogen) atoms. The van der Waals surface area contributed by atoms with Gasteiger partial charge in [-0.25, -0.2) is 4.79 Å². The molecule has 0 aromatic heterocycles. The number of carbonyl (C=O) groups is 1. The molecule has 0 radical (unpaired) electrons. The summed E-state index contributed by atoms with van der Waals surface area (Å²) < 4.78 is 22.5. The molecule has 0 saturated carbocycles. The van der Waals surface area contributed by atoms with Crippen LogP contribution in [0.3, 0.4) is 0 Å². The quantitative estimate of drug-likeness (QED) is 0.140. The van der Waals surface area contributed by atoms with Crippen molar-refractivity contribution in [3.8, 4) is 22.6 Å². The minimum absolute atomic E-state index is 0.281. The summed E-state index contributed by atoms with van der Waals surface area (Å²) >= 11 is 0. The Bertz CT molecular complexity index is 1050. The van der Waals surface area contributed by atoms with E-state index in [4.69, 9.17) is 18.9 Å². The summed E-state index contributed by atoms with van der Waals surface area (Å²) in [4.78, 5) is 12.3. The number of hydrogen-bond acceptors (Lipinski definition) is 5. The molecule has 0 unspecified atom stereocenters. The topological polar surface area (TPSA) is 54.0 Å². The summed E-state index contributed by atoms with van der Waals surface area (Å²) in [6, 6.07) is 24.6. The van der Waals surface area contributed by atoms with E-state index in [2.05, 4.69) is 6.92 Å². The first-order chi connectivity index (χ1) is 17.7. The van der Waals surface area contributed by atoms with E-state index in [0.717, 1.165) is 75.4 Å². The van der Waals surface area contributed by atoms with Gasteiger partial charge in [0.1, 0.15) is 11.5 Å². The fourth-order valence-electron chi connectivity index (χ4n) is 4.12. The Labute approximate surface area is 214 Å². The maximum absolute atomic E-state index is 12.3. The molecule has 3 aromatic rings. The Morgan fingerprint density at radius 3 is 2.03 bits per heavy atom. The molecule has 0 amide bonds. The summed E-state index contributed by atoms with van der Waals surface area (Å²) in [6.45, 7) is 6.28. The van der Waals surface area contributed by atoms with Gasteiger partial charge in [-0.3, -0.25) is 0 Å². The largest absolute Gasteiger partial charge is 0.494 e. The fourth-order valence-corrected chi connectivity index (χ4v) is 4.12. The minimum Gasteiger partial charge on any atom is -0.494 e. The van der Waals surface area contributed by atoms with Gasteiger partial charge in [0.2, 0.25) is 0 Å². The molecule has 1 fully saturated rings. The van der Waals surface area contributed by atoms with Crippen LogP contribution in [0, 0.1) is 5.41 Å². The molecule has 0 spiro atoms. The molecule has 4 rings (SSSR count). The number of hydrogen-bond donors (Lipinski definition) is 0. The lowest BCUT2D eigenvalue weighted by Gasteiger charge is -2.40. The number of rotatable bonds is 14. The van der Waals surface area contributed by atoms with Crippen LogP contribution in [0.15, 0.2) is 78.9 Å². The maximum Gasteiger partial charge on any atom is 0.343 e. The highest BCUT2D eigenvalue weighted by molar-refractivity contribution is 5.91. The van der Waals surface area contributed by atoms with Gasteiger partial charge in [-0.2, -0.15) is 0 Å². The number of benzene rings is 3. The zero-order chi connectivity index (χ0) is 25.1. The Morgan fingerprint density at radius 1 is 0.778 bits per heavy atom. The molecule has 1 saturated heterocycles. The lowest BCUT2D eigenvalue weighted by molar-refractivity contribution is -0.150. The van der Waals surface area contributed by atoms with Crippen molar-refractivity contribution in [1.82, 2.24) is 0 Å². The van der Waals surface area contributed by atoms with E-state index in [-0.39, 0.29) is 11.4 Å². The van der Waals surface area contributed by atoms with Gasteiger partial charge >= 0.3 is 5.97 Å². The number of unbranched alkanes of at least 4 members (excludes halogenated alkanes) is 3. The highest BCUT2D eigenvalue weighted by Gasteiger charge is 2.36. The van der Waals surface area contributed by atoms with E-state index >= 15 is 0 Å². The smallest absolute Gasteiger partial charge is 0.343 e. The zero-order valence-electron chi connectivity index (χ0n) is 21.1. The van der Waals surface area contributed by atoms with E-state index in [1.54, 1.807) is 24.3 Å². The predicted molar refractivity (Wildman–Crippen MR) is 142 cm³/mol. The SMILES string of the molecule is CCC1(COCCCCCCOc2ccc(-c3ccc(C(=O)Oc4ccccc4)cc3)cc2)COC1. The van der Waals surface area contributed by atoms with Crippen LogP contribution in [0.5, 0.6) is 11.5 Å². The normalized spacial score (nSPS) is 14.1. The Hall–Kier alpha value is -3.15. The summed E-state index contributed by atoms with van der Waals surface area (Å²) in [5.74, 6) is 1.05. The third-order valence-corrected chi connectivity index (χ3v) is 6.69. The molecular weight excluding hydrogens is 452 g/mol. The summed E-state index contributed by atoms with van der Waals surface area (Å²) in [7, 11) is 0. The highest BCUT2D eigenvalue weighted by Crippen LogP contribution is 2.31. The van der Waals surface area contributed by atoms with Gasteiger partial charge in [0, 0.05) is 12.0 Å². The highest BCUT2D eigenvalue weighted by atomic mass is 16.5. The van der Waals surface area contributed by atoms with E-state index < -0.39 is 0 Å². The molecule has 0 N–H and O–H groups in total. The van der Waals surface area contributed by atoms with Crippen LogP contribution in [0.2, 0.25) is 0 Å². The third-order valence-electron chi connectivity index (χ3n) is 6.69. The predicted octanol–water partition coefficient (Wildman–Crippen LogP) is 6.96. The van der Waals surface area contributed by atoms with Gasteiger partial charge in [-0.1, -0.05) is 55.8 Å². The lowest BCUT2D eigenvalue weighted by atomic mass is 9.84. The summed E-state index contributed by atoms with van der Waals surface area (Å²) in [6.07, 6.45) is 5.56. The van der Waals surface area contributed by atoms with Crippen molar-refractivity contribution in [3.63, 3.8) is 0 Å². The molecule has 1 aliphatic rings. The van der Waals surface area contributed by atoms with Crippen LogP contribution in [-0.4, -0.2) is 39.0 Å². The van der Waals surface area contributed by atoms with Crippen molar-refractivity contribution in [2.75, 3.05) is 33.0 Å². The average molecular weight is 489 g/mol. The molecule has 1 heterocycles. The molecule has 0 atom stereocenters. The number of ether oxygens (including phenoxy) is 4. The Morgan fingerprint density at radius 2 is 1.42 bits per heavy atom. The fraction of sp³-hybridized carbons (Fsp3) is 0.387. The molecule has 190 valence electrons. The second-order valence-corrected chi connectivity index (χ2v) is 9.47. The Kier molecular flexibility index (Phi) is 9.54. The summed E-state index contributed by atoms with van der Waals surface area (Å²) in [5, 5.41) is 0. The molecular formula is C31H36O5. The average Bonchev–Trinajstić information content (AvgIpc) is 2.90. The minimum atomic E-state index is -0.363. The molecule has 5 heteroatoms. The van der Waals surface area contributed by atoms with Crippen molar-refractivity contribution < 1.29 is 23.7 Å². The summed E-state index contributed by atoms with van der Waals surface area (Å²) in [5.41, 5.74) is 2.91. The first-order valence-electron chi connectivity index (χ1n) is 12.9. The third kappa shape index (κ3) is 7.42. The second-order valence-electron chi connectivity index (χ2n) is 9.47. The van der Waals surface area contributed by atoms with Gasteiger partial charge in [0.25, 0.3) is 0 Å². The molecule has 5 nitrogen and oxygen atoms in total. The van der Waals surface area contributed by atoms with Crippen molar-refractivity contribution in [3.05, 3.63) is 84.4 Å². The lowest BCUT2D eigenvalue weighted by Crippen LogP contribution is -2.45. The van der Waals surface area contributed by atoms with Crippen LogP contribution in [0.4, 0.5) is 0 Å². The van der Waals surface area contributed by atoms with Gasteiger partial charge in [0.15, 0.2) is 0 Å². The van der Waals surface area contributed by atoms with Crippen molar-refractivity contribution in [2.24, 2.45) is 5.41 Å². The molecule has 0 bridgehead atoms. The molecule has 0 aliphatic carbocycles. The van der Waals surface area contributed by atoms with Gasteiger partial charge < -0.3 is 18.9 Å². The molecule has 1 aliphatic heterocycles. The van der Waals surface area contributed by atoms with E-state index in [1.165, 1.54) is 0 Å². The van der Waals surface area contributed by atoms with Crippen LogP contribution >= 0.6 is 0 Å². The number of carbonyl (C=O) groups excluding carboxylic acids is 1. The van der Waals surface area contributed by atoms with Crippen LogP contribution in [0.1, 0.15) is 49.4 Å². The van der Waals surface area contributed by atoms with Crippen LogP contribution < -0.4 is 9.47 Å². The molecule has 3 aromatic carbocycles. The Balaban J connectivity index is 1.12. The number of para-hydroxylation sites is 1. The van der Waals surface area contributed by atoms with E-state index in [1.807, 2.05) is 54.6 Å². The van der Waals surface area contributed by atoms with Crippen molar-refractivity contribution in [2.45, 2.75) is 39.0 Å². The monoisotopic (exact) mass is 488 g/mol. The van der Waals surface area contributed by atoms with Gasteiger partial charge in [0.05, 0.1) is 32.0 Å². The van der Waals surface area contributed by atoms with Gasteiger partial charge in [-0.05, 0) is 73.2 Å². The first kappa shape index (κ1) is 25.9. The van der Waals surface area contributed by atoms with Crippen molar-refractivity contribution >= 4 is 5.97 Å². The van der Waals surface area contributed by atoms with Crippen LogP contribution in [-0.2, 0) is 9.47 Å².